The Kier molecular flexibility index (Phi) is 8.07. The molecule has 7 heteroatoms. The van der Waals surface area contributed by atoms with Crippen molar-refractivity contribution in [3.63, 3.8) is 0 Å². The molecule has 2 amide bonds. The van der Waals surface area contributed by atoms with Gasteiger partial charge >= 0.3 is 0 Å². The molecule has 2 rings (SSSR count). The molecular formula is C21H24N2O4S. The van der Waals surface area contributed by atoms with Crippen LogP contribution in [0.1, 0.15) is 34.1 Å². The van der Waals surface area contributed by atoms with Crippen LogP contribution >= 0.6 is 11.8 Å². The normalized spacial score (nSPS) is 11.4. The molecule has 0 unspecified atom stereocenters. The number of carbonyl (C=O) groups is 3. The first kappa shape index (κ1) is 21.5. The lowest BCUT2D eigenvalue weighted by Gasteiger charge is -2.18. The van der Waals surface area contributed by atoms with Gasteiger partial charge in [-0.05, 0) is 61.8 Å². The smallest absolute Gasteiger partial charge is 0.251 e. The molecule has 2 N–H and O–H groups in total. The van der Waals surface area contributed by atoms with E-state index in [2.05, 4.69) is 10.6 Å². The molecule has 0 aliphatic carbocycles. The first-order valence-corrected chi connectivity index (χ1v) is 10.2. The third-order valence-corrected chi connectivity index (χ3v) is 4.77. The number of methoxy groups -OCH3 is 1. The Hall–Kier alpha value is -2.80. The van der Waals surface area contributed by atoms with Crippen LogP contribution in [0.2, 0.25) is 0 Å². The third kappa shape index (κ3) is 6.13. The molecule has 0 fully saturated rings. The number of hydrogen-bond donors (Lipinski definition) is 2. The second-order valence-corrected chi connectivity index (χ2v) is 7.15. The zero-order chi connectivity index (χ0) is 20.5. The molecule has 6 nitrogen and oxygen atoms in total. The highest BCUT2D eigenvalue weighted by Gasteiger charge is 2.21. The van der Waals surface area contributed by atoms with Crippen LogP contribution in [0.4, 0.5) is 5.69 Å². The Balaban J connectivity index is 2.10. The van der Waals surface area contributed by atoms with Gasteiger partial charge in [0.1, 0.15) is 11.8 Å². The largest absolute Gasteiger partial charge is 0.497 e. The Morgan fingerprint density at radius 2 is 1.79 bits per heavy atom. The number of thioether (sulfide) groups is 1. The number of rotatable bonds is 9. The topological polar surface area (TPSA) is 84.5 Å². The fraction of sp³-hybridized carbons (Fsp3) is 0.286. The lowest BCUT2D eigenvalue weighted by molar-refractivity contribution is -0.118. The first-order chi connectivity index (χ1) is 13.4. The molecule has 148 valence electrons. The van der Waals surface area contributed by atoms with Crippen LogP contribution in [0, 0.1) is 0 Å². The maximum absolute atomic E-state index is 12.7. The average molecular weight is 401 g/mol. The fourth-order valence-electron chi connectivity index (χ4n) is 2.53. The van der Waals surface area contributed by atoms with Gasteiger partial charge in [-0.3, -0.25) is 14.4 Å². The van der Waals surface area contributed by atoms with E-state index in [-0.39, 0.29) is 17.6 Å². The van der Waals surface area contributed by atoms with E-state index in [9.17, 15) is 14.4 Å². The minimum atomic E-state index is -0.692. The monoisotopic (exact) mass is 400 g/mol. The van der Waals surface area contributed by atoms with Gasteiger partial charge in [-0.2, -0.15) is 11.8 Å². The quantitative estimate of drug-likeness (QED) is 0.631. The summed E-state index contributed by atoms with van der Waals surface area (Å²) in [6.45, 7) is 1.47. The summed E-state index contributed by atoms with van der Waals surface area (Å²) in [5.74, 6) is 0.633. The summed E-state index contributed by atoms with van der Waals surface area (Å²) in [4.78, 5) is 36.8. The first-order valence-electron chi connectivity index (χ1n) is 8.80. The van der Waals surface area contributed by atoms with E-state index in [1.807, 2.05) is 6.26 Å². The van der Waals surface area contributed by atoms with Crippen LogP contribution < -0.4 is 15.4 Å². The highest BCUT2D eigenvalue weighted by molar-refractivity contribution is 7.98. The number of amides is 2. The average Bonchev–Trinajstić information content (AvgIpc) is 2.71. The standard InChI is InChI=1S/C21H24N2O4S/c1-14(24)16-5-4-6-17(13-16)22-21(26)19(11-12-28-3)23-20(25)15-7-9-18(27-2)10-8-15/h4-10,13,19H,11-12H2,1-3H3,(H,22,26)(H,23,25)/t19-/m0/s1. The number of Topliss-reactive ketones (excluding diaryl/α,β-unsaturated/α-hetero) is 1. The zero-order valence-corrected chi connectivity index (χ0v) is 17.0. The Morgan fingerprint density at radius 1 is 1.07 bits per heavy atom. The van der Waals surface area contributed by atoms with Gasteiger partial charge < -0.3 is 15.4 Å². The maximum Gasteiger partial charge on any atom is 0.251 e. The van der Waals surface area contributed by atoms with Crippen LogP contribution in [0.5, 0.6) is 5.75 Å². The molecule has 0 bridgehead atoms. The van der Waals surface area contributed by atoms with E-state index in [1.165, 1.54) is 6.92 Å². The fourth-order valence-corrected chi connectivity index (χ4v) is 3.01. The van der Waals surface area contributed by atoms with Crippen molar-refractivity contribution < 1.29 is 19.1 Å². The van der Waals surface area contributed by atoms with E-state index in [0.29, 0.717) is 34.7 Å². The van der Waals surface area contributed by atoms with Gasteiger partial charge in [0.2, 0.25) is 5.91 Å². The number of benzene rings is 2. The Labute approximate surface area is 169 Å². The Bertz CT molecular complexity index is 837. The predicted molar refractivity (Wildman–Crippen MR) is 112 cm³/mol. The van der Waals surface area contributed by atoms with Crippen molar-refractivity contribution in [1.29, 1.82) is 0 Å². The van der Waals surface area contributed by atoms with Crippen molar-refractivity contribution in [2.24, 2.45) is 0 Å². The van der Waals surface area contributed by atoms with Crippen molar-refractivity contribution in [3.05, 3.63) is 59.7 Å². The van der Waals surface area contributed by atoms with E-state index in [4.69, 9.17) is 4.74 Å². The minimum absolute atomic E-state index is 0.0807. The van der Waals surface area contributed by atoms with Crippen LogP contribution in [-0.4, -0.2) is 42.8 Å². The SMILES string of the molecule is COc1ccc(C(=O)N[C@@H](CCSC)C(=O)Nc2cccc(C(C)=O)c2)cc1. The van der Waals surface area contributed by atoms with Crippen molar-refractivity contribution in [3.8, 4) is 5.75 Å². The van der Waals surface area contributed by atoms with Crippen LogP contribution in [-0.2, 0) is 4.79 Å². The summed E-state index contributed by atoms with van der Waals surface area (Å²) < 4.78 is 5.09. The molecular weight excluding hydrogens is 376 g/mol. The van der Waals surface area contributed by atoms with Gasteiger partial charge in [0, 0.05) is 16.8 Å². The third-order valence-electron chi connectivity index (χ3n) is 4.12. The lowest BCUT2D eigenvalue weighted by atomic mass is 10.1. The highest BCUT2D eigenvalue weighted by atomic mass is 32.2. The number of anilines is 1. The van der Waals surface area contributed by atoms with Gasteiger partial charge in [-0.15, -0.1) is 0 Å². The van der Waals surface area contributed by atoms with Gasteiger partial charge in [-0.1, -0.05) is 12.1 Å². The second kappa shape index (κ2) is 10.5. The highest BCUT2D eigenvalue weighted by Crippen LogP contribution is 2.14. The summed E-state index contributed by atoms with van der Waals surface area (Å²) in [6.07, 6.45) is 2.43. The molecule has 0 heterocycles. The number of carbonyl (C=O) groups excluding carboxylic acids is 3. The molecule has 0 saturated carbocycles. The van der Waals surface area contributed by atoms with Gasteiger partial charge in [0.25, 0.3) is 5.91 Å². The molecule has 2 aromatic carbocycles. The van der Waals surface area contributed by atoms with Crippen LogP contribution in [0.25, 0.3) is 0 Å². The molecule has 1 atom stereocenters. The van der Waals surface area contributed by atoms with Crippen molar-refractivity contribution in [2.45, 2.75) is 19.4 Å². The number of ketones is 1. The summed E-state index contributed by atoms with van der Waals surface area (Å²) in [5.41, 5.74) is 1.48. The molecule has 0 spiro atoms. The van der Waals surface area contributed by atoms with Gasteiger partial charge in [0.05, 0.1) is 7.11 Å². The number of nitrogens with one attached hydrogen (secondary N) is 2. The van der Waals surface area contributed by atoms with E-state index in [1.54, 1.807) is 67.4 Å². The lowest BCUT2D eigenvalue weighted by Crippen LogP contribution is -2.44. The number of ether oxygens (including phenoxy) is 1. The molecule has 0 saturated heterocycles. The molecule has 2 aromatic rings. The summed E-state index contributed by atoms with van der Waals surface area (Å²) in [5, 5.41) is 5.58. The van der Waals surface area contributed by atoms with Crippen LogP contribution in [0.3, 0.4) is 0 Å². The van der Waals surface area contributed by atoms with Gasteiger partial charge in [-0.25, -0.2) is 0 Å². The van der Waals surface area contributed by atoms with Crippen LogP contribution in [0.15, 0.2) is 48.5 Å². The second-order valence-electron chi connectivity index (χ2n) is 6.16. The van der Waals surface area contributed by atoms with Crippen molar-refractivity contribution >= 4 is 35.0 Å². The summed E-state index contributed by atoms with van der Waals surface area (Å²) in [6, 6.07) is 12.7. The van der Waals surface area contributed by atoms with E-state index < -0.39 is 6.04 Å². The van der Waals surface area contributed by atoms with Gasteiger partial charge in [0.15, 0.2) is 5.78 Å². The molecule has 0 aromatic heterocycles. The van der Waals surface area contributed by atoms with E-state index >= 15 is 0 Å². The molecule has 28 heavy (non-hydrogen) atoms. The molecule has 0 aliphatic rings. The predicted octanol–water partition coefficient (Wildman–Crippen LogP) is 3.39. The minimum Gasteiger partial charge on any atom is -0.497 e. The summed E-state index contributed by atoms with van der Waals surface area (Å²) >= 11 is 1.60. The number of hydrogen-bond acceptors (Lipinski definition) is 5. The zero-order valence-electron chi connectivity index (χ0n) is 16.2. The Morgan fingerprint density at radius 3 is 2.39 bits per heavy atom. The molecule has 0 aliphatic heterocycles. The maximum atomic E-state index is 12.7. The van der Waals surface area contributed by atoms with Crippen molar-refractivity contribution in [1.82, 2.24) is 5.32 Å². The molecule has 0 radical (unpaired) electrons. The van der Waals surface area contributed by atoms with Crippen molar-refractivity contribution in [2.75, 3.05) is 24.4 Å². The van der Waals surface area contributed by atoms with E-state index in [0.717, 1.165) is 0 Å². The summed E-state index contributed by atoms with van der Waals surface area (Å²) in [7, 11) is 1.55.